The summed E-state index contributed by atoms with van der Waals surface area (Å²) in [6.45, 7) is 3.82. The Labute approximate surface area is 161 Å². The topological polar surface area (TPSA) is 81.2 Å². The summed E-state index contributed by atoms with van der Waals surface area (Å²) in [4.78, 5) is 25.6. The van der Waals surface area contributed by atoms with Crippen LogP contribution in [0.3, 0.4) is 0 Å². The molecule has 2 N–H and O–H groups in total. The van der Waals surface area contributed by atoms with Crippen LogP contribution in [0.2, 0.25) is 0 Å². The molecule has 1 aromatic heterocycles. The van der Waals surface area contributed by atoms with Gasteiger partial charge in [0, 0.05) is 23.1 Å². The van der Waals surface area contributed by atoms with Crippen LogP contribution in [0.15, 0.2) is 54.7 Å². The molecule has 6 nitrogen and oxygen atoms in total. The van der Waals surface area contributed by atoms with Gasteiger partial charge >= 0.3 is 0 Å². The number of amides is 2. The van der Waals surface area contributed by atoms with Crippen LogP contribution in [0.5, 0.6) is 0 Å². The molecular formula is C21H19FN4O2. The number of nitrogens with zero attached hydrogens (tertiary/aromatic N) is 3. The lowest BCUT2D eigenvalue weighted by atomic mass is 9.96. The van der Waals surface area contributed by atoms with Crippen LogP contribution in [0.1, 0.15) is 15.9 Å². The highest BCUT2D eigenvalue weighted by Crippen LogP contribution is 2.34. The van der Waals surface area contributed by atoms with Crippen LogP contribution >= 0.6 is 0 Å². The molecule has 2 heterocycles. The summed E-state index contributed by atoms with van der Waals surface area (Å²) in [6, 6.07) is 11.4. The van der Waals surface area contributed by atoms with E-state index < -0.39 is 12.6 Å². The molecule has 0 bridgehead atoms. The second-order valence-corrected chi connectivity index (χ2v) is 6.79. The molecule has 0 saturated heterocycles. The van der Waals surface area contributed by atoms with Crippen molar-refractivity contribution in [2.75, 3.05) is 13.2 Å². The molecule has 28 heavy (non-hydrogen) atoms. The van der Waals surface area contributed by atoms with Crippen molar-refractivity contribution < 1.29 is 14.0 Å². The van der Waals surface area contributed by atoms with E-state index in [-0.39, 0.29) is 24.6 Å². The highest BCUT2D eigenvalue weighted by Gasteiger charge is 2.30. The lowest BCUT2D eigenvalue weighted by Crippen LogP contribution is -2.30. The number of aryl methyl sites for hydroxylation is 1. The monoisotopic (exact) mass is 378 g/mol. The molecule has 3 aromatic rings. The average molecular weight is 378 g/mol. The molecular weight excluding hydrogens is 359 g/mol. The van der Waals surface area contributed by atoms with Gasteiger partial charge in [0.1, 0.15) is 6.67 Å². The number of rotatable bonds is 6. The van der Waals surface area contributed by atoms with Gasteiger partial charge in [-0.3, -0.25) is 14.3 Å². The Morgan fingerprint density at radius 3 is 2.79 bits per heavy atom. The number of halogens is 1. The third-order valence-corrected chi connectivity index (χ3v) is 5.02. The largest absolute Gasteiger partial charge is 0.366 e. The first kappa shape index (κ1) is 17.9. The number of carbonyl (C=O) groups excluding carboxylic acids is 2. The van der Waals surface area contributed by atoms with Crippen LogP contribution in [0.4, 0.5) is 4.39 Å². The number of hydrogen-bond acceptors (Lipinski definition) is 3. The molecule has 0 aliphatic carbocycles. The molecule has 0 fully saturated rings. The van der Waals surface area contributed by atoms with Gasteiger partial charge in [-0.2, -0.15) is 5.10 Å². The quantitative estimate of drug-likeness (QED) is 0.670. The molecule has 0 spiro atoms. The van der Waals surface area contributed by atoms with E-state index in [4.69, 9.17) is 5.73 Å². The molecule has 1 aliphatic heterocycles. The number of fused-ring (bicyclic) bond motifs is 2. The molecule has 0 saturated carbocycles. The summed E-state index contributed by atoms with van der Waals surface area (Å²) in [6.07, 6.45) is 1.71. The fraction of sp³-hybridized carbons (Fsp3) is 0.190. The van der Waals surface area contributed by atoms with Crippen molar-refractivity contribution in [1.29, 1.82) is 0 Å². The second-order valence-electron chi connectivity index (χ2n) is 6.79. The van der Waals surface area contributed by atoms with Gasteiger partial charge in [0.05, 0.1) is 24.8 Å². The van der Waals surface area contributed by atoms with Crippen molar-refractivity contribution in [3.8, 4) is 11.1 Å². The highest BCUT2D eigenvalue weighted by molar-refractivity contribution is 6.02. The third-order valence-electron chi connectivity index (χ3n) is 5.02. The summed E-state index contributed by atoms with van der Waals surface area (Å²) in [5.41, 5.74) is 9.63. The Bertz CT molecular complexity index is 1120. The Balaban J connectivity index is 1.73. The van der Waals surface area contributed by atoms with Crippen LogP contribution in [0.25, 0.3) is 22.0 Å². The minimum absolute atomic E-state index is 0.102. The number of nitrogens with two attached hydrogens (primary N) is 1. The number of aromatic nitrogens is 2. The highest BCUT2D eigenvalue weighted by atomic mass is 19.1. The van der Waals surface area contributed by atoms with E-state index in [1.165, 1.54) is 0 Å². The minimum Gasteiger partial charge on any atom is -0.366 e. The van der Waals surface area contributed by atoms with Crippen molar-refractivity contribution in [2.45, 2.75) is 13.1 Å². The summed E-state index contributed by atoms with van der Waals surface area (Å²) >= 11 is 0. The van der Waals surface area contributed by atoms with E-state index in [0.29, 0.717) is 12.1 Å². The Morgan fingerprint density at radius 2 is 2.04 bits per heavy atom. The Hall–Kier alpha value is -3.48. The first-order valence-corrected chi connectivity index (χ1v) is 8.90. The van der Waals surface area contributed by atoms with Crippen LogP contribution in [-0.4, -0.2) is 39.7 Å². The van der Waals surface area contributed by atoms with Gasteiger partial charge in [0.2, 0.25) is 5.91 Å². The van der Waals surface area contributed by atoms with Crippen LogP contribution in [-0.2, 0) is 17.9 Å². The molecule has 0 unspecified atom stereocenters. The van der Waals surface area contributed by atoms with E-state index in [2.05, 4.69) is 11.7 Å². The maximum Gasteiger partial charge on any atom is 0.254 e. The fourth-order valence-corrected chi connectivity index (χ4v) is 3.59. The summed E-state index contributed by atoms with van der Waals surface area (Å²) < 4.78 is 14.4. The van der Waals surface area contributed by atoms with Gasteiger partial charge in [-0.05, 0) is 28.8 Å². The minimum atomic E-state index is -0.615. The van der Waals surface area contributed by atoms with Gasteiger partial charge in [-0.15, -0.1) is 0 Å². The van der Waals surface area contributed by atoms with Gasteiger partial charge < -0.3 is 10.6 Å². The summed E-state index contributed by atoms with van der Waals surface area (Å²) in [5, 5.41) is 5.16. The number of primary amides is 1. The van der Waals surface area contributed by atoms with E-state index in [1.54, 1.807) is 21.8 Å². The zero-order valence-electron chi connectivity index (χ0n) is 15.2. The number of alkyl halides is 1. The third kappa shape index (κ3) is 2.94. The molecule has 0 radical (unpaired) electrons. The summed E-state index contributed by atoms with van der Waals surface area (Å²) in [5.74, 6) is -0.765. The molecule has 2 amide bonds. The van der Waals surface area contributed by atoms with Gasteiger partial charge in [-0.25, -0.2) is 4.39 Å². The Kier molecular flexibility index (Phi) is 4.43. The maximum absolute atomic E-state index is 12.8. The van der Waals surface area contributed by atoms with Gasteiger partial charge in [0.25, 0.3) is 5.91 Å². The first-order chi connectivity index (χ1) is 13.5. The zero-order valence-corrected chi connectivity index (χ0v) is 15.2. The maximum atomic E-state index is 12.8. The normalized spacial score (nSPS) is 13.2. The first-order valence-electron chi connectivity index (χ1n) is 8.90. The molecule has 2 aromatic carbocycles. The van der Waals surface area contributed by atoms with E-state index in [1.807, 2.05) is 30.3 Å². The van der Waals surface area contributed by atoms with Crippen molar-refractivity contribution >= 4 is 22.7 Å². The predicted molar refractivity (Wildman–Crippen MR) is 104 cm³/mol. The lowest BCUT2D eigenvalue weighted by molar-refractivity contribution is -0.114. The SMILES string of the molecule is C=C(CN1Cc2c(cccc2-c2ccc3cnn(CCF)c3c2)C1=O)C(N)=O. The van der Waals surface area contributed by atoms with Gasteiger partial charge in [-0.1, -0.05) is 30.8 Å². The summed E-state index contributed by atoms with van der Waals surface area (Å²) in [7, 11) is 0. The van der Waals surface area contributed by atoms with E-state index >= 15 is 0 Å². The predicted octanol–water partition coefficient (Wildman–Crippen LogP) is 2.67. The van der Waals surface area contributed by atoms with Crippen molar-refractivity contribution in [3.63, 3.8) is 0 Å². The lowest BCUT2D eigenvalue weighted by Gasteiger charge is -2.15. The smallest absolute Gasteiger partial charge is 0.254 e. The van der Waals surface area contributed by atoms with E-state index in [9.17, 15) is 14.0 Å². The standard InChI is InChI=1S/C21H19FN4O2/c1-13(20(23)27)11-25-12-18-16(3-2-4-17(18)21(25)28)14-5-6-15-10-24-26(8-7-22)19(15)9-14/h2-6,9-10H,1,7-8,11-12H2,(H2,23,27). The van der Waals surface area contributed by atoms with E-state index in [0.717, 1.165) is 27.6 Å². The molecule has 1 aliphatic rings. The van der Waals surface area contributed by atoms with Crippen molar-refractivity contribution in [2.24, 2.45) is 5.73 Å². The van der Waals surface area contributed by atoms with Crippen molar-refractivity contribution in [3.05, 3.63) is 65.9 Å². The fourth-order valence-electron chi connectivity index (χ4n) is 3.59. The molecule has 0 atom stereocenters. The molecule has 142 valence electrons. The Morgan fingerprint density at radius 1 is 1.25 bits per heavy atom. The number of carbonyl (C=O) groups is 2. The zero-order chi connectivity index (χ0) is 19.8. The second kappa shape index (κ2) is 6.92. The molecule has 7 heteroatoms. The average Bonchev–Trinajstić information content (AvgIpc) is 3.23. The number of benzene rings is 2. The van der Waals surface area contributed by atoms with Crippen molar-refractivity contribution in [1.82, 2.24) is 14.7 Å². The van der Waals surface area contributed by atoms with Crippen LogP contribution in [0, 0.1) is 0 Å². The number of hydrogen-bond donors (Lipinski definition) is 1. The molecule has 4 rings (SSSR count). The van der Waals surface area contributed by atoms with Crippen LogP contribution < -0.4 is 5.73 Å². The van der Waals surface area contributed by atoms with Gasteiger partial charge in [0.15, 0.2) is 0 Å².